The van der Waals surface area contributed by atoms with Gasteiger partial charge in [0.1, 0.15) is 5.01 Å². The van der Waals surface area contributed by atoms with Gasteiger partial charge in [0.05, 0.1) is 18.0 Å². The van der Waals surface area contributed by atoms with Crippen LogP contribution in [-0.4, -0.2) is 23.1 Å². The molecule has 1 fully saturated rings. The summed E-state index contributed by atoms with van der Waals surface area (Å²) < 4.78 is 5.26. The molecular weight excluding hydrogens is 270 g/mol. The highest BCUT2D eigenvalue weighted by Gasteiger charge is 2.22. The van der Waals surface area contributed by atoms with Gasteiger partial charge < -0.3 is 10.1 Å². The molecule has 2 heterocycles. The van der Waals surface area contributed by atoms with Crippen molar-refractivity contribution < 1.29 is 4.74 Å². The van der Waals surface area contributed by atoms with Gasteiger partial charge in [0.25, 0.3) is 0 Å². The molecule has 0 radical (unpaired) electrons. The molecule has 0 unspecified atom stereocenters. The fourth-order valence-corrected chi connectivity index (χ4v) is 3.05. The predicted molar refractivity (Wildman–Crippen MR) is 80.7 cm³/mol. The van der Waals surface area contributed by atoms with E-state index < -0.39 is 0 Å². The van der Waals surface area contributed by atoms with Crippen LogP contribution in [0.4, 0.5) is 0 Å². The number of thiazole rings is 1. The van der Waals surface area contributed by atoms with Crippen LogP contribution in [-0.2, 0) is 17.9 Å². The van der Waals surface area contributed by atoms with Crippen LogP contribution in [0.2, 0.25) is 0 Å². The minimum Gasteiger partial charge on any atom is -0.378 e. The van der Waals surface area contributed by atoms with E-state index in [9.17, 15) is 0 Å². The summed E-state index contributed by atoms with van der Waals surface area (Å²) in [6.45, 7) is 3.44. The molecule has 106 valence electrons. The summed E-state index contributed by atoms with van der Waals surface area (Å²) in [4.78, 5) is 10.5. The Labute approximate surface area is 123 Å². The zero-order valence-electron chi connectivity index (χ0n) is 11.8. The summed E-state index contributed by atoms with van der Waals surface area (Å²) >= 11 is 1.71. The maximum Gasteiger partial charge on any atom is 0.142 e. The first kappa shape index (κ1) is 13.7. The molecule has 1 aliphatic rings. The van der Waals surface area contributed by atoms with Gasteiger partial charge in [-0.05, 0) is 31.9 Å². The van der Waals surface area contributed by atoms with Crippen LogP contribution >= 0.6 is 11.3 Å². The second-order valence-corrected chi connectivity index (χ2v) is 6.22. The van der Waals surface area contributed by atoms with Crippen LogP contribution in [0.5, 0.6) is 0 Å². The molecule has 0 atom stereocenters. The van der Waals surface area contributed by atoms with Crippen LogP contribution in [0.1, 0.15) is 29.1 Å². The number of nitrogens with zero attached hydrogens (tertiary/aromatic N) is 2. The first-order valence-corrected chi connectivity index (χ1v) is 7.73. The van der Waals surface area contributed by atoms with Gasteiger partial charge in [-0.15, -0.1) is 11.3 Å². The van der Waals surface area contributed by atoms with Crippen LogP contribution in [0.25, 0.3) is 10.7 Å². The van der Waals surface area contributed by atoms with Crippen LogP contribution < -0.4 is 5.32 Å². The van der Waals surface area contributed by atoms with E-state index in [0.717, 1.165) is 28.6 Å². The van der Waals surface area contributed by atoms with Gasteiger partial charge in [-0.3, -0.25) is 4.98 Å². The van der Waals surface area contributed by atoms with Gasteiger partial charge in [-0.2, -0.15) is 0 Å². The Morgan fingerprint density at radius 2 is 2.20 bits per heavy atom. The molecular formula is C15H19N3OS. The van der Waals surface area contributed by atoms with Gasteiger partial charge in [0.15, 0.2) is 0 Å². The average molecular weight is 289 g/mol. The second-order valence-electron chi connectivity index (χ2n) is 5.14. The lowest BCUT2D eigenvalue weighted by Crippen LogP contribution is -2.15. The Morgan fingerprint density at radius 1 is 1.35 bits per heavy atom. The molecule has 2 aromatic heterocycles. The minimum absolute atomic E-state index is 0.560. The summed E-state index contributed by atoms with van der Waals surface area (Å²) in [5.41, 5.74) is 3.00. The number of methoxy groups -OCH3 is 1. The van der Waals surface area contributed by atoms with Crippen molar-refractivity contribution in [1.82, 2.24) is 15.3 Å². The molecule has 20 heavy (non-hydrogen) atoms. The lowest BCUT2D eigenvalue weighted by atomic mass is 10.3. The van der Waals surface area contributed by atoms with Gasteiger partial charge in [-0.25, -0.2) is 4.98 Å². The quantitative estimate of drug-likeness (QED) is 0.888. The normalized spacial score (nSPS) is 14.7. The Hall–Kier alpha value is -1.30. The van der Waals surface area contributed by atoms with Crippen LogP contribution in [0.3, 0.4) is 0 Å². The highest BCUT2D eigenvalue weighted by Crippen LogP contribution is 2.28. The molecule has 4 nitrogen and oxygen atoms in total. The number of nitrogens with one attached hydrogen (secondary N) is 1. The Kier molecular flexibility index (Phi) is 4.10. The predicted octanol–water partition coefficient (Wildman–Crippen LogP) is 2.91. The molecule has 1 N–H and O–H groups in total. The van der Waals surface area contributed by atoms with Gasteiger partial charge >= 0.3 is 0 Å². The van der Waals surface area contributed by atoms with Gasteiger partial charge in [-0.1, -0.05) is 6.07 Å². The number of pyridine rings is 1. The van der Waals surface area contributed by atoms with Crippen molar-refractivity contribution >= 4 is 11.3 Å². The van der Waals surface area contributed by atoms with Crippen molar-refractivity contribution in [2.45, 2.75) is 39.0 Å². The minimum atomic E-state index is 0.560. The van der Waals surface area contributed by atoms with Crippen molar-refractivity contribution in [2.24, 2.45) is 0 Å². The molecule has 0 amide bonds. The second kappa shape index (κ2) is 5.99. The number of ether oxygens (including phenoxy) is 1. The summed E-state index contributed by atoms with van der Waals surface area (Å²) in [7, 11) is 1.71. The molecule has 5 heteroatoms. The molecule has 3 rings (SSSR count). The molecule has 2 aromatic rings. The van der Waals surface area contributed by atoms with E-state index in [4.69, 9.17) is 9.72 Å². The molecule has 0 bridgehead atoms. The molecule has 0 aromatic carbocycles. The number of hydrogen-bond donors (Lipinski definition) is 1. The fraction of sp³-hybridized carbons (Fsp3) is 0.467. The molecule has 1 saturated carbocycles. The number of rotatable bonds is 6. The molecule has 0 aliphatic heterocycles. The molecule has 1 aliphatic carbocycles. The monoisotopic (exact) mass is 289 g/mol. The van der Waals surface area contributed by atoms with E-state index >= 15 is 0 Å². The maximum atomic E-state index is 5.26. The lowest BCUT2D eigenvalue weighted by Gasteiger charge is -2.02. The van der Waals surface area contributed by atoms with Gasteiger partial charge in [0.2, 0.25) is 0 Å². The van der Waals surface area contributed by atoms with Crippen molar-refractivity contribution in [3.63, 3.8) is 0 Å². The molecule has 0 spiro atoms. The highest BCUT2D eigenvalue weighted by molar-refractivity contribution is 7.15. The SMILES string of the molecule is COCc1nc(-c2cccc(C)n2)sc1CNC1CC1. The van der Waals surface area contributed by atoms with Crippen LogP contribution in [0.15, 0.2) is 18.2 Å². The smallest absolute Gasteiger partial charge is 0.142 e. The summed E-state index contributed by atoms with van der Waals surface area (Å²) in [5, 5.41) is 4.52. The van der Waals surface area contributed by atoms with E-state index in [1.165, 1.54) is 17.7 Å². The summed E-state index contributed by atoms with van der Waals surface area (Å²) in [5.74, 6) is 0. The average Bonchev–Trinajstić information content (AvgIpc) is 3.18. The number of hydrogen-bond acceptors (Lipinski definition) is 5. The number of aromatic nitrogens is 2. The topological polar surface area (TPSA) is 47.0 Å². The Bertz CT molecular complexity index is 593. The maximum absolute atomic E-state index is 5.26. The van der Waals surface area contributed by atoms with Crippen molar-refractivity contribution in [1.29, 1.82) is 0 Å². The fourth-order valence-electron chi connectivity index (χ4n) is 2.07. The summed E-state index contributed by atoms with van der Waals surface area (Å²) in [6, 6.07) is 6.74. The van der Waals surface area contributed by atoms with Crippen LogP contribution in [0, 0.1) is 6.92 Å². The standard InChI is InChI=1S/C15H19N3OS/c1-10-4-3-5-12(17-10)15-18-13(9-19-2)14(20-15)8-16-11-6-7-11/h3-5,11,16H,6-9H2,1-2H3. The Morgan fingerprint density at radius 3 is 2.90 bits per heavy atom. The Balaban J connectivity index is 1.84. The van der Waals surface area contributed by atoms with Crippen molar-refractivity contribution in [2.75, 3.05) is 7.11 Å². The third kappa shape index (κ3) is 3.23. The lowest BCUT2D eigenvalue weighted by molar-refractivity contribution is 0.181. The largest absolute Gasteiger partial charge is 0.378 e. The zero-order chi connectivity index (χ0) is 13.9. The first-order chi connectivity index (χ1) is 9.76. The van der Waals surface area contributed by atoms with Crippen molar-refractivity contribution in [3.05, 3.63) is 34.5 Å². The third-order valence-corrected chi connectivity index (χ3v) is 4.42. The van der Waals surface area contributed by atoms with E-state index in [-0.39, 0.29) is 0 Å². The first-order valence-electron chi connectivity index (χ1n) is 6.91. The van der Waals surface area contributed by atoms with E-state index in [0.29, 0.717) is 12.6 Å². The zero-order valence-corrected chi connectivity index (χ0v) is 12.7. The van der Waals surface area contributed by atoms with E-state index in [2.05, 4.69) is 10.3 Å². The van der Waals surface area contributed by atoms with Crippen molar-refractivity contribution in [3.8, 4) is 10.7 Å². The number of aryl methyl sites for hydroxylation is 1. The third-order valence-electron chi connectivity index (χ3n) is 3.30. The highest BCUT2D eigenvalue weighted by atomic mass is 32.1. The van der Waals surface area contributed by atoms with Gasteiger partial charge in [0, 0.05) is 30.3 Å². The van der Waals surface area contributed by atoms with E-state index in [1.54, 1.807) is 18.4 Å². The summed E-state index contributed by atoms with van der Waals surface area (Å²) in [6.07, 6.45) is 2.59. The molecule has 0 saturated heterocycles. The van der Waals surface area contributed by atoms with E-state index in [1.807, 2.05) is 25.1 Å².